The van der Waals surface area contributed by atoms with Crippen LogP contribution >= 0.6 is 11.6 Å². The molecular formula is C16H18ClNO2S. The quantitative estimate of drug-likeness (QED) is 0.840. The second-order valence-corrected chi connectivity index (χ2v) is 7.47. The molecule has 2 aromatic carbocycles. The summed E-state index contributed by atoms with van der Waals surface area (Å²) in [7, 11) is -1.38. The first-order valence-corrected chi connectivity index (χ1v) is 8.75. The highest BCUT2D eigenvalue weighted by atomic mass is 35.5. The molecule has 0 amide bonds. The molecule has 0 fully saturated rings. The summed E-state index contributed by atoms with van der Waals surface area (Å²) in [5.41, 5.74) is 1.66. The van der Waals surface area contributed by atoms with E-state index in [0.29, 0.717) is 22.2 Å². The van der Waals surface area contributed by atoms with Gasteiger partial charge in [-0.3, -0.25) is 0 Å². The fraction of sp³-hybridized carbons (Fsp3) is 0.250. The van der Waals surface area contributed by atoms with Crippen molar-refractivity contribution < 1.29 is 8.42 Å². The van der Waals surface area contributed by atoms with E-state index < -0.39 is 9.84 Å². The number of benzene rings is 2. The summed E-state index contributed by atoms with van der Waals surface area (Å²) >= 11 is 6.17. The fourth-order valence-electron chi connectivity index (χ4n) is 2.16. The summed E-state index contributed by atoms with van der Waals surface area (Å²) in [5.74, 6) is 0.0872. The van der Waals surface area contributed by atoms with E-state index in [9.17, 15) is 8.42 Å². The molecule has 0 N–H and O–H groups in total. The average Bonchev–Trinajstić information content (AvgIpc) is 2.49. The van der Waals surface area contributed by atoms with Crippen LogP contribution in [0.25, 0.3) is 0 Å². The molecule has 112 valence electrons. The summed E-state index contributed by atoms with van der Waals surface area (Å²) < 4.78 is 24.4. The van der Waals surface area contributed by atoms with Crippen molar-refractivity contribution in [2.45, 2.75) is 18.4 Å². The van der Waals surface area contributed by atoms with E-state index in [1.54, 1.807) is 19.1 Å². The minimum absolute atomic E-state index is 0.0872. The van der Waals surface area contributed by atoms with E-state index in [1.165, 1.54) is 0 Å². The molecule has 0 radical (unpaired) electrons. The summed E-state index contributed by atoms with van der Waals surface area (Å²) in [5, 5.41) is 0.681. The van der Waals surface area contributed by atoms with Gasteiger partial charge in [-0.25, -0.2) is 8.42 Å². The molecule has 0 aliphatic rings. The third-order valence-electron chi connectivity index (χ3n) is 3.36. The van der Waals surface area contributed by atoms with Crippen LogP contribution < -0.4 is 4.90 Å². The predicted molar refractivity (Wildman–Crippen MR) is 87.7 cm³/mol. The molecule has 0 unspecified atom stereocenters. The summed E-state index contributed by atoms with van der Waals surface area (Å²) in [6, 6.07) is 14.6. The maximum atomic E-state index is 12.2. The molecule has 5 heteroatoms. The predicted octanol–water partition coefficient (Wildman–Crippen LogP) is 3.77. The lowest BCUT2D eigenvalue weighted by molar-refractivity contribution is 0.597. The van der Waals surface area contributed by atoms with Gasteiger partial charge in [-0.05, 0) is 23.8 Å². The second kappa shape index (κ2) is 6.50. The maximum absolute atomic E-state index is 12.2. The van der Waals surface area contributed by atoms with E-state index in [-0.39, 0.29) is 5.75 Å². The van der Waals surface area contributed by atoms with Gasteiger partial charge in [0.05, 0.1) is 16.3 Å². The Balaban J connectivity index is 2.37. The Morgan fingerprint density at radius 1 is 1.05 bits per heavy atom. The van der Waals surface area contributed by atoms with E-state index in [4.69, 9.17) is 11.6 Å². The number of sulfone groups is 1. The van der Waals surface area contributed by atoms with Crippen molar-refractivity contribution in [2.75, 3.05) is 17.7 Å². The summed E-state index contributed by atoms with van der Waals surface area (Å²) in [6.45, 7) is 2.20. The smallest absolute Gasteiger partial charge is 0.180 e. The van der Waals surface area contributed by atoms with Crippen LogP contribution in [0.4, 0.5) is 5.69 Å². The van der Waals surface area contributed by atoms with Gasteiger partial charge in [0, 0.05) is 18.6 Å². The van der Waals surface area contributed by atoms with Crippen LogP contribution in [-0.4, -0.2) is 21.2 Å². The standard InChI is InChI=1S/C16H18ClNO2S/c1-3-21(19,20)16-11-7-6-10-15(16)18(2)12-13-8-4-5-9-14(13)17/h4-11H,3,12H2,1-2H3. The Bertz CT molecular complexity index is 729. The minimum atomic E-state index is -3.25. The Labute approximate surface area is 131 Å². The lowest BCUT2D eigenvalue weighted by atomic mass is 10.2. The second-order valence-electron chi connectivity index (χ2n) is 4.82. The van der Waals surface area contributed by atoms with E-state index in [2.05, 4.69) is 0 Å². The maximum Gasteiger partial charge on any atom is 0.180 e. The molecule has 0 spiro atoms. The van der Waals surface area contributed by atoms with Gasteiger partial charge in [-0.2, -0.15) is 0 Å². The van der Waals surface area contributed by atoms with Crippen molar-refractivity contribution >= 4 is 27.1 Å². The van der Waals surface area contributed by atoms with Crippen LogP contribution in [0, 0.1) is 0 Å². The zero-order valence-corrected chi connectivity index (χ0v) is 13.7. The number of hydrogen-bond acceptors (Lipinski definition) is 3. The third-order valence-corrected chi connectivity index (χ3v) is 5.50. The van der Waals surface area contributed by atoms with Crippen LogP contribution in [0.3, 0.4) is 0 Å². The van der Waals surface area contributed by atoms with Crippen LogP contribution in [0.15, 0.2) is 53.4 Å². The van der Waals surface area contributed by atoms with E-state index >= 15 is 0 Å². The van der Waals surface area contributed by atoms with E-state index in [0.717, 1.165) is 5.56 Å². The van der Waals surface area contributed by atoms with Gasteiger partial charge in [-0.1, -0.05) is 48.9 Å². The first-order chi connectivity index (χ1) is 9.95. The highest BCUT2D eigenvalue weighted by molar-refractivity contribution is 7.91. The zero-order valence-electron chi connectivity index (χ0n) is 12.1. The third kappa shape index (κ3) is 3.57. The molecular weight excluding hydrogens is 306 g/mol. The Morgan fingerprint density at radius 3 is 2.33 bits per heavy atom. The highest BCUT2D eigenvalue weighted by Crippen LogP contribution is 2.27. The molecule has 0 saturated carbocycles. The lowest BCUT2D eigenvalue weighted by Crippen LogP contribution is -2.20. The SMILES string of the molecule is CCS(=O)(=O)c1ccccc1N(C)Cc1ccccc1Cl. The summed E-state index contributed by atoms with van der Waals surface area (Å²) in [6.07, 6.45) is 0. The molecule has 0 aliphatic carbocycles. The van der Waals surface area contributed by atoms with Gasteiger partial charge in [0.15, 0.2) is 9.84 Å². The zero-order chi connectivity index (χ0) is 15.5. The number of halogens is 1. The van der Waals surface area contributed by atoms with Gasteiger partial charge in [-0.15, -0.1) is 0 Å². The van der Waals surface area contributed by atoms with Gasteiger partial charge in [0.25, 0.3) is 0 Å². The molecule has 0 saturated heterocycles. The normalized spacial score (nSPS) is 11.4. The minimum Gasteiger partial charge on any atom is -0.369 e. The van der Waals surface area contributed by atoms with Crippen molar-refractivity contribution in [3.05, 3.63) is 59.1 Å². The van der Waals surface area contributed by atoms with Crippen molar-refractivity contribution in [1.29, 1.82) is 0 Å². The lowest BCUT2D eigenvalue weighted by Gasteiger charge is -2.22. The Kier molecular flexibility index (Phi) is 4.91. The largest absolute Gasteiger partial charge is 0.369 e. The Hall–Kier alpha value is -1.52. The van der Waals surface area contributed by atoms with Crippen LogP contribution in [0.5, 0.6) is 0 Å². The van der Waals surface area contributed by atoms with Gasteiger partial charge in [0.1, 0.15) is 0 Å². The Morgan fingerprint density at radius 2 is 1.67 bits per heavy atom. The van der Waals surface area contributed by atoms with Crippen molar-refractivity contribution in [3.8, 4) is 0 Å². The van der Waals surface area contributed by atoms with Crippen molar-refractivity contribution in [1.82, 2.24) is 0 Å². The van der Waals surface area contributed by atoms with Crippen LogP contribution in [0.2, 0.25) is 5.02 Å². The highest BCUT2D eigenvalue weighted by Gasteiger charge is 2.18. The molecule has 2 rings (SSSR count). The molecule has 0 atom stereocenters. The number of para-hydroxylation sites is 1. The van der Waals surface area contributed by atoms with Crippen molar-refractivity contribution in [2.24, 2.45) is 0 Å². The number of anilines is 1. The van der Waals surface area contributed by atoms with Crippen molar-refractivity contribution in [3.63, 3.8) is 0 Å². The number of hydrogen-bond donors (Lipinski definition) is 0. The average molecular weight is 324 g/mol. The topological polar surface area (TPSA) is 37.4 Å². The van der Waals surface area contributed by atoms with Gasteiger partial charge >= 0.3 is 0 Å². The summed E-state index contributed by atoms with van der Waals surface area (Å²) in [4.78, 5) is 2.27. The number of rotatable bonds is 5. The van der Waals surface area contributed by atoms with Crippen LogP contribution in [0.1, 0.15) is 12.5 Å². The molecule has 0 aromatic heterocycles. The number of nitrogens with zero attached hydrogens (tertiary/aromatic N) is 1. The molecule has 21 heavy (non-hydrogen) atoms. The van der Waals surface area contributed by atoms with Gasteiger partial charge < -0.3 is 4.90 Å². The molecule has 0 bridgehead atoms. The molecule has 0 aliphatic heterocycles. The van der Waals surface area contributed by atoms with Gasteiger partial charge in [0.2, 0.25) is 0 Å². The molecule has 3 nitrogen and oxygen atoms in total. The van der Waals surface area contributed by atoms with E-state index in [1.807, 2.05) is 48.3 Å². The monoisotopic (exact) mass is 323 g/mol. The fourth-order valence-corrected chi connectivity index (χ4v) is 3.49. The molecule has 2 aromatic rings. The van der Waals surface area contributed by atoms with Crippen LogP contribution in [-0.2, 0) is 16.4 Å². The first kappa shape index (κ1) is 15.9. The molecule has 0 heterocycles. The first-order valence-electron chi connectivity index (χ1n) is 6.72.